The molecular formula is C22H20N2O3. The van der Waals surface area contributed by atoms with E-state index in [4.69, 9.17) is 4.42 Å². The normalized spacial score (nSPS) is 12.7. The number of furan rings is 1. The standard InChI is InChI=1S/C22H20N2O3/c1-14-9-15(2)11-18(10-14)21(25)23-19-3-4-20-16(12-19)5-7-24(20)22(26)17-6-8-27-13-17/h3-4,6,8-13H,5,7H2,1-2H3,(H,23,25). The van der Waals surface area contributed by atoms with Crippen LogP contribution in [0.25, 0.3) is 0 Å². The van der Waals surface area contributed by atoms with Crippen LogP contribution in [0.3, 0.4) is 0 Å². The average molecular weight is 360 g/mol. The number of fused-ring (bicyclic) bond motifs is 1. The van der Waals surface area contributed by atoms with Gasteiger partial charge < -0.3 is 14.6 Å². The Morgan fingerprint density at radius 1 is 1.00 bits per heavy atom. The number of amides is 2. The van der Waals surface area contributed by atoms with E-state index in [1.54, 1.807) is 11.0 Å². The first kappa shape index (κ1) is 17.1. The zero-order chi connectivity index (χ0) is 19.0. The summed E-state index contributed by atoms with van der Waals surface area (Å²) in [6.07, 6.45) is 3.71. The molecule has 4 rings (SSSR count). The first-order valence-electron chi connectivity index (χ1n) is 8.88. The van der Waals surface area contributed by atoms with E-state index >= 15 is 0 Å². The van der Waals surface area contributed by atoms with Gasteiger partial charge in [0.1, 0.15) is 6.26 Å². The Labute approximate surface area is 157 Å². The smallest absolute Gasteiger partial charge is 0.261 e. The summed E-state index contributed by atoms with van der Waals surface area (Å²) in [4.78, 5) is 26.9. The van der Waals surface area contributed by atoms with Gasteiger partial charge in [0.25, 0.3) is 11.8 Å². The highest BCUT2D eigenvalue weighted by Crippen LogP contribution is 2.32. The lowest BCUT2D eigenvalue weighted by atomic mass is 10.1. The van der Waals surface area contributed by atoms with Gasteiger partial charge in [-0.15, -0.1) is 0 Å². The van der Waals surface area contributed by atoms with Gasteiger partial charge in [0.05, 0.1) is 11.8 Å². The van der Waals surface area contributed by atoms with Gasteiger partial charge in [-0.2, -0.15) is 0 Å². The van der Waals surface area contributed by atoms with Crippen molar-refractivity contribution in [2.75, 3.05) is 16.8 Å². The Morgan fingerprint density at radius 2 is 1.78 bits per heavy atom. The van der Waals surface area contributed by atoms with Gasteiger partial charge in [0.2, 0.25) is 0 Å². The highest BCUT2D eigenvalue weighted by atomic mass is 16.3. The van der Waals surface area contributed by atoms with Crippen LogP contribution in [0.2, 0.25) is 0 Å². The zero-order valence-corrected chi connectivity index (χ0v) is 15.3. The number of rotatable bonds is 3. The highest BCUT2D eigenvalue weighted by Gasteiger charge is 2.26. The molecule has 0 fully saturated rings. The third-order valence-corrected chi connectivity index (χ3v) is 4.73. The minimum absolute atomic E-state index is 0.0745. The molecule has 2 heterocycles. The minimum atomic E-state index is -0.133. The van der Waals surface area contributed by atoms with Gasteiger partial charge in [0, 0.05) is 23.5 Å². The van der Waals surface area contributed by atoms with Crippen molar-refractivity contribution in [2.45, 2.75) is 20.3 Å². The first-order chi connectivity index (χ1) is 13.0. The molecule has 0 bridgehead atoms. The van der Waals surface area contributed by atoms with E-state index in [1.165, 1.54) is 12.5 Å². The molecule has 0 unspecified atom stereocenters. The number of anilines is 2. The monoisotopic (exact) mass is 360 g/mol. The fraction of sp³-hybridized carbons (Fsp3) is 0.182. The summed E-state index contributed by atoms with van der Waals surface area (Å²) < 4.78 is 5.01. The highest BCUT2D eigenvalue weighted by molar-refractivity contribution is 6.08. The SMILES string of the molecule is Cc1cc(C)cc(C(=O)Nc2ccc3c(c2)CCN3C(=O)c2ccoc2)c1. The lowest BCUT2D eigenvalue weighted by Crippen LogP contribution is -2.28. The third-order valence-electron chi connectivity index (χ3n) is 4.73. The van der Waals surface area contributed by atoms with Crippen molar-refractivity contribution in [3.8, 4) is 0 Å². The van der Waals surface area contributed by atoms with E-state index in [0.29, 0.717) is 17.7 Å². The van der Waals surface area contributed by atoms with Gasteiger partial charge in [-0.25, -0.2) is 0 Å². The minimum Gasteiger partial charge on any atom is -0.472 e. The summed E-state index contributed by atoms with van der Waals surface area (Å²) in [7, 11) is 0. The van der Waals surface area contributed by atoms with E-state index < -0.39 is 0 Å². The average Bonchev–Trinajstić information content (AvgIpc) is 3.30. The van der Waals surface area contributed by atoms with Gasteiger partial charge in [0.15, 0.2) is 0 Å². The Kier molecular flexibility index (Phi) is 4.28. The molecule has 0 spiro atoms. The van der Waals surface area contributed by atoms with Gasteiger partial charge >= 0.3 is 0 Å². The lowest BCUT2D eigenvalue weighted by Gasteiger charge is -2.16. The Hall–Kier alpha value is -3.34. The molecule has 5 heteroatoms. The molecule has 0 radical (unpaired) electrons. The largest absolute Gasteiger partial charge is 0.472 e. The molecular weight excluding hydrogens is 340 g/mol. The van der Waals surface area contributed by atoms with Crippen molar-refractivity contribution in [1.29, 1.82) is 0 Å². The summed E-state index contributed by atoms with van der Waals surface area (Å²) in [5, 5.41) is 2.96. The molecule has 0 atom stereocenters. The van der Waals surface area contributed by atoms with E-state index in [-0.39, 0.29) is 11.8 Å². The Balaban J connectivity index is 1.54. The molecule has 1 aliphatic heterocycles. The van der Waals surface area contributed by atoms with Crippen LogP contribution in [0.4, 0.5) is 11.4 Å². The van der Waals surface area contributed by atoms with Crippen molar-refractivity contribution in [2.24, 2.45) is 0 Å². The van der Waals surface area contributed by atoms with Crippen molar-refractivity contribution < 1.29 is 14.0 Å². The molecule has 1 aromatic heterocycles. The first-order valence-corrected chi connectivity index (χ1v) is 8.88. The third kappa shape index (κ3) is 3.36. The van der Waals surface area contributed by atoms with Gasteiger partial charge in [-0.3, -0.25) is 9.59 Å². The number of nitrogens with zero attached hydrogens (tertiary/aromatic N) is 1. The maximum Gasteiger partial charge on any atom is 0.261 e. The molecule has 2 amide bonds. The van der Waals surface area contributed by atoms with Crippen LogP contribution in [-0.2, 0) is 6.42 Å². The Morgan fingerprint density at radius 3 is 2.48 bits per heavy atom. The summed E-state index contributed by atoms with van der Waals surface area (Å²) >= 11 is 0. The molecule has 2 aromatic carbocycles. The quantitative estimate of drug-likeness (QED) is 0.755. The van der Waals surface area contributed by atoms with Gasteiger partial charge in [-0.1, -0.05) is 17.2 Å². The predicted molar refractivity (Wildman–Crippen MR) is 104 cm³/mol. The lowest BCUT2D eigenvalue weighted by molar-refractivity contribution is 0.0987. The molecule has 5 nitrogen and oxygen atoms in total. The zero-order valence-electron chi connectivity index (χ0n) is 15.3. The second-order valence-electron chi connectivity index (χ2n) is 6.89. The number of hydrogen-bond acceptors (Lipinski definition) is 3. The van der Waals surface area contributed by atoms with E-state index in [0.717, 1.165) is 34.5 Å². The van der Waals surface area contributed by atoms with E-state index in [2.05, 4.69) is 5.32 Å². The number of carbonyl (C=O) groups excluding carboxylic acids is 2. The van der Waals surface area contributed by atoms with Crippen LogP contribution < -0.4 is 10.2 Å². The molecule has 0 aliphatic carbocycles. The molecule has 1 aliphatic rings. The summed E-state index contributed by atoms with van der Waals surface area (Å²) in [6, 6.07) is 13.1. The second-order valence-corrected chi connectivity index (χ2v) is 6.89. The summed E-state index contributed by atoms with van der Waals surface area (Å²) in [6.45, 7) is 4.57. The number of carbonyl (C=O) groups is 2. The van der Waals surface area contributed by atoms with Crippen molar-refractivity contribution in [3.05, 3.63) is 82.8 Å². The number of aryl methyl sites for hydroxylation is 2. The van der Waals surface area contributed by atoms with Crippen LogP contribution in [0, 0.1) is 13.8 Å². The van der Waals surface area contributed by atoms with Crippen LogP contribution >= 0.6 is 0 Å². The van der Waals surface area contributed by atoms with Crippen molar-refractivity contribution in [3.63, 3.8) is 0 Å². The topological polar surface area (TPSA) is 62.6 Å². The van der Waals surface area contributed by atoms with Gasteiger partial charge in [-0.05, 0) is 62.2 Å². The second kappa shape index (κ2) is 6.76. The van der Waals surface area contributed by atoms with Crippen molar-refractivity contribution in [1.82, 2.24) is 0 Å². The fourth-order valence-corrected chi connectivity index (χ4v) is 3.54. The summed E-state index contributed by atoms with van der Waals surface area (Å²) in [5.74, 6) is -0.208. The van der Waals surface area contributed by atoms with E-state index in [1.807, 2.05) is 50.2 Å². The maximum absolute atomic E-state index is 12.6. The molecule has 0 saturated carbocycles. The summed E-state index contributed by atoms with van der Waals surface area (Å²) in [5.41, 5.74) is 5.95. The number of hydrogen-bond donors (Lipinski definition) is 1. The number of nitrogens with one attached hydrogen (secondary N) is 1. The molecule has 3 aromatic rings. The van der Waals surface area contributed by atoms with Crippen molar-refractivity contribution >= 4 is 23.2 Å². The molecule has 0 saturated heterocycles. The number of benzene rings is 2. The molecule has 27 heavy (non-hydrogen) atoms. The van der Waals surface area contributed by atoms with E-state index in [9.17, 15) is 9.59 Å². The maximum atomic E-state index is 12.6. The molecule has 1 N–H and O–H groups in total. The van der Waals surface area contributed by atoms with Crippen LogP contribution in [-0.4, -0.2) is 18.4 Å². The van der Waals surface area contributed by atoms with Crippen LogP contribution in [0.5, 0.6) is 0 Å². The predicted octanol–water partition coefficient (Wildman–Crippen LogP) is 4.35. The Bertz CT molecular complexity index is 1000. The molecule has 136 valence electrons. The van der Waals surface area contributed by atoms with Crippen LogP contribution in [0.1, 0.15) is 37.4 Å². The van der Waals surface area contributed by atoms with Crippen LogP contribution in [0.15, 0.2) is 59.4 Å². The fourth-order valence-electron chi connectivity index (χ4n) is 3.54.